The molecule has 1 heterocycles. The summed E-state index contributed by atoms with van der Waals surface area (Å²) in [6.07, 6.45) is 3.81. The number of benzene rings is 1. The molecule has 3 rings (SSSR count). The van der Waals surface area contributed by atoms with E-state index in [9.17, 15) is 0 Å². The Kier molecular flexibility index (Phi) is 3.29. The van der Waals surface area contributed by atoms with Crippen molar-refractivity contribution >= 4 is 0 Å². The largest absolute Gasteiger partial charge is 0.493 e. The highest BCUT2D eigenvalue weighted by atomic mass is 16.5. The third kappa shape index (κ3) is 2.39. The van der Waals surface area contributed by atoms with Crippen LogP contribution in [0.2, 0.25) is 0 Å². The average Bonchev–Trinajstić information content (AvgIpc) is 3.09. The van der Waals surface area contributed by atoms with Crippen LogP contribution < -0.4 is 10.1 Å². The molecule has 1 N–H and O–H groups in total. The molecule has 1 fully saturated rings. The normalized spacial score (nSPS) is 21.2. The third-order valence-electron chi connectivity index (χ3n) is 4.39. The monoisotopic (exact) mass is 245 g/mol. The molecular weight excluding hydrogens is 222 g/mol. The second-order valence-corrected chi connectivity index (χ2v) is 5.88. The van der Waals surface area contributed by atoms with Crippen molar-refractivity contribution in [1.82, 2.24) is 5.32 Å². The van der Waals surface area contributed by atoms with Crippen molar-refractivity contribution in [2.45, 2.75) is 45.1 Å². The Morgan fingerprint density at radius 2 is 2.17 bits per heavy atom. The molecule has 0 amide bonds. The molecule has 2 heteroatoms. The first kappa shape index (κ1) is 12.0. The van der Waals surface area contributed by atoms with Gasteiger partial charge >= 0.3 is 0 Å². The van der Waals surface area contributed by atoms with Crippen molar-refractivity contribution in [2.24, 2.45) is 5.92 Å². The minimum Gasteiger partial charge on any atom is -0.493 e. The number of fused-ring (bicyclic) bond motifs is 1. The lowest BCUT2D eigenvalue weighted by Crippen LogP contribution is -2.26. The smallest absolute Gasteiger partial charge is 0.126 e. The number of ether oxygens (including phenoxy) is 1. The van der Waals surface area contributed by atoms with Gasteiger partial charge < -0.3 is 10.1 Å². The molecule has 0 bridgehead atoms. The van der Waals surface area contributed by atoms with Crippen molar-refractivity contribution in [2.75, 3.05) is 13.2 Å². The molecule has 18 heavy (non-hydrogen) atoms. The summed E-state index contributed by atoms with van der Waals surface area (Å²) in [5.41, 5.74) is 2.79. The fraction of sp³-hybridized carbons (Fsp3) is 0.625. The van der Waals surface area contributed by atoms with Gasteiger partial charge in [0, 0.05) is 12.5 Å². The minimum absolute atomic E-state index is 0.560. The van der Waals surface area contributed by atoms with E-state index in [-0.39, 0.29) is 0 Å². The highest BCUT2D eigenvalue weighted by molar-refractivity contribution is 5.45. The quantitative estimate of drug-likeness (QED) is 0.860. The molecule has 1 aromatic rings. The van der Waals surface area contributed by atoms with E-state index in [2.05, 4.69) is 37.4 Å². The maximum atomic E-state index is 5.82. The van der Waals surface area contributed by atoms with E-state index in [0.29, 0.717) is 11.8 Å². The Morgan fingerprint density at radius 1 is 1.33 bits per heavy atom. The van der Waals surface area contributed by atoms with Crippen LogP contribution in [0.5, 0.6) is 5.75 Å². The van der Waals surface area contributed by atoms with Crippen LogP contribution in [0.25, 0.3) is 0 Å². The first-order chi connectivity index (χ1) is 8.75. The van der Waals surface area contributed by atoms with E-state index in [1.165, 1.54) is 29.7 Å². The summed E-state index contributed by atoms with van der Waals surface area (Å²) >= 11 is 0. The number of nitrogens with one attached hydrogen (secondary N) is 1. The molecule has 0 saturated heterocycles. The second kappa shape index (κ2) is 4.93. The molecule has 0 spiro atoms. The van der Waals surface area contributed by atoms with E-state index in [1.807, 2.05) is 0 Å². The van der Waals surface area contributed by atoms with E-state index in [4.69, 9.17) is 4.74 Å². The van der Waals surface area contributed by atoms with Crippen molar-refractivity contribution in [3.05, 3.63) is 29.3 Å². The van der Waals surface area contributed by atoms with Crippen LogP contribution >= 0.6 is 0 Å². The van der Waals surface area contributed by atoms with Gasteiger partial charge in [0.15, 0.2) is 0 Å². The van der Waals surface area contributed by atoms with Gasteiger partial charge in [0.05, 0.1) is 6.61 Å². The van der Waals surface area contributed by atoms with Crippen LogP contribution in [0.1, 0.15) is 43.7 Å². The van der Waals surface area contributed by atoms with Crippen LogP contribution in [0.3, 0.4) is 0 Å². The van der Waals surface area contributed by atoms with Crippen LogP contribution in [0.15, 0.2) is 18.2 Å². The zero-order valence-corrected chi connectivity index (χ0v) is 11.4. The van der Waals surface area contributed by atoms with Gasteiger partial charge in [-0.25, -0.2) is 0 Å². The van der Waals surface area contributed by atoms with Gasteiger partial charge in [-0.3, -0.25) is 0 Å². The van der Waals surface area contributed by atoms with Crippen LogP contribution in [-0.4, -0.2) is 19.2 Å². The minimum atomic E-state index is 0.560. The van der Waals surface area contributed by atoms with Gasteiger partial charge in [0.2, 0.25) is 0 Å². The zero-order chi connectivity index (χ0) is 12.5. The molecule has 1 aromatic carbocycles. The lowest BCUT2D eigenvalue weighted by Gasteiger charge is -2.22. The maximum Gasteiger partial charge on any atom is 0.126 e. The van der Waals surface area contributed by atoms with Crippen LogP contribution in [-0.2, 0) is 6.42 Å². The number of rotatable bonds is 5. The molecular formula is C16H23NO. The Balaban J connectivity index is 1.70. The molecule has 0 radical (unpaired) electrons. The number of para-hydroxylation sites is 1. The maximum absolute atomic E-state index is 5.82. The molecule has 98 valence electrons. The van der Waals surface area contributed by atoms with Gasteiger partial charge in [-0.2, -0.15) is 0 Å². The van der Waals surface area contributed by atoms with Crippen LogP contribution in [0.4, 0.5) is 0 Å². The summed E-state index contributed by atoms with van der Waals surface area (Å²) in [5, 5.41) is 3.63. The Bertz CT molecular complexity index is 425. The van der Waals surface area contributed by atoms with Crippen molar-refractivity contribution < 1.29 is 4.74 Å². The van der Waals surface area contributed by atoms with Gasteiger partial charge in [-0.05, 0) is 42.3 Å². The predicted octanol–water partition coefficient (Wildman–Crippen LogP) is 3.11. The van der Waals surface area contributed by atoms with E-state index < -0.39 is 0 Å². The molecule has 2 unspecified atom stereocenters. The first-order valence-corrected chi connectivity index (χ1v) is 7.23. The molecule has 1 aliphatic heterocycles. The molecule has 1 aliphatic carbocycles. The fourth-order valence-corrected chi connectivity index (χ4v) is 2.72. The summed E-state index contributed by atoms with van der Waals surface area (Å²) in [6, 6.07) is 7.42. The van der Waals surface area contributed by atoms with E-state index >= 15 is 0 Å². The number of hydrogen-bond acceptors (Lipinski definition) is 2. The second-order valence-electron chi connectivity index (χ2n) is 5.88. The van der Waals surface area contributed by atoms with Gasteiger partial charge in [0.25, 0.3) is 0 Å². The van der Waals surface area contributed by atoms with Crippen molar-refractivity contribution in [3.8, 4) is 5.75 Å². The molecule has 0 aromatic heterocycles. The first-order valence-electron chi connectivity index (χ1n) is 7.23. The lowest BCUT2D eigenvalue weighted by molar-refractivity contribution is 0.345. The van der Waals surface area contributed by atoms with Crippen LogP contribution in [0, 0.1) is 5.92 Å². The fourth-order valence-electron chi connectivity index (χ4n) is 2.72. The highest BCUT2D eigenvalue weighted by Crippen LogP contribution is 2.37. The standard InChI is InChI=1S/C16H23NO/c1-11(10-17-14-6-7-14)12(2)15-5-3-4-13-8-9-18-16(13)15/h3-5,11-12,14,17H,6-10H2,1-2H3. The summed E-state index contributed by atoms with van der Waals surface area (Å²) in [5.74, 6) is 2.38. The lowest BCUT2D eigenvalue weighted by atomic mass is 9.87. The van der Waals surface area contributed by atoms with E-state index in [1.54, 1.807) is 0 Å². The van der Waals surface area contributed by atoms with Crippen molar-refractivity contribution in [3.63, 3.8) is 0 Å². The molecule has 1 saturated carbocycles. The Morgan fingerprint density at radius 3 is 2.94 bits per heavy atom. The van der Waals surface area contributed by atoms with Gasteiger partial charge in [0.1, 0.15) is 5.75 Å². The predicted molar refractivity (Wildman–Crippen MR) is 74.2 cm³/mol. The van der Waals surface area contributed by atoms with Gasteiger partial charge in [-0.1, -0.05) is 32.0 Å². The molecule has 2 atom stereocenters. The van der Waals surface area contributed by atoms with E-state index in [0.717, 1.165) is 25.6 Å². The SMILES string of the molecule is CC(CNC1CC1)C(C)c1cccc2c1OCC2. The number of hydrogen-bond donors (Lipinski definition) is 1. The summed E-state index contributed by atoms with van der Waals surface area (Å²) < 4.78 is 5.82. The molecule has 2 nitrogen and oxygen atoms in total. The average molecular weight is 245 g/mol. The summed E-state index contributed by atoms with van der Waals surface area (Å²) in [4.78, 5) is 0. The topological polar surface area (TPSA) is 21.3 Å². The molecule has 2 aliphatic rings. The highest BCUT2D eigenvalue weighted by Gasteiger charge is 2.25. The van der Waals surface area contributed by atoms with Gasteiger partial charge in [-0.15, -0.1) is 0 Å². The Labute approximate surface area is 110 Å². The Hall–Kier alpha value is -1.02. The summed E-state index contributed by atoms with van der Waals surface area (Å²) in [6.45, 7) is 6.65. The zero-order valence-electron chi connectivity index (χ0n) is 11.4. The summed E-state index contributed by atoms with van der Waals surface area (Å²) in [7, 11) is 0. The third-order valence-corrected chi connectivity index (χ3v) is 4.39. The van der Waals surface area contributed by atoms with Crippen molar-refractivity contribution in [1.29, 1.82) is 0 Å².